The largest absolute Gasteiger partial charge is 0.469 e. The van der Waals surface area contributed by atoms with Crippen LogP contribution in [0.2, 0.25) is 0 Å². The summed E-state index contributed by atoms with van der Waals surface area (Å²) in [6.07, 6.45) is 4.49. The van der Waals surface area contributed by atoms with Crippen molar-refractivity contribution in [2.24, 2.45) is 11.8 Å². The molecule has 0 amide bonds. The Balaban J connectivity index is 1.66. The van der Waals surface area contributed by atoms with Crippen molar-refractivity contribution < 1.29 is 27.8 Å². The molecule has 1 atom stereocenters. The highest BCUT2D eigenvalue weighted by atomic mass is 32.2. The standard InChI is InChI=1S/C35H41F2NO4S/c1-24-6-4-5-7-31(24)33-18-26(8-9-32(33)34(39)19-28(12-15-43-3)35(40)41-2)22-38(21-25-10-13-42-14-11-25)23-27-16-29(36)20-30(37)17-27/h4-9,16-18,20,25,28H,10-15,19,21-23H2,1-3H3/t28-/m1/s1. The zero-order valence-electron chi connectivity index (χ0n) is 25.2. The quantitative estimate of drug-likeness (QED) is 0.140. The molecule has 3 aromatic rings. The first-order valence-corrected chi connectivity index (χ1v) is 16.2. The van der Waals surface area contributed by atoms with Crippen LogP contribution in [0.25, 0.3) is 11.1 Å². The number of carbonyl (C=O) groups excluding carboxylic acids is 2. The summed E-state index contributed by atoms with van der Waals surface area (Å²) in [4.78, 5) is 28.4. The summed E-state index contributed by atoms with van der Waals surface area (Å²) >= 11 is 1.63. The Morgan fingerprint density at radius 3 is 2.35 bits per heavy atom. The van der Waals surface area contributed by atoms with Crippen molar-refractivity contribution in [2.45, 2.75) is 45.7 Å². The lowest BCUT2D eigenvalue weighted by atomic mass is 9.88. The number of aryl methyl sites for hydroxylation is 1. The van der Waals surface area contributed by atoms with E-state index in [0.29, 0.717) is 49.8 Å². The van der Waals surface area contributed by atoms with Crippen LogP contribution < -0.4 is 0 Å². The summed E-state index contributed by atoms with van der Waals surface area (Å²) in [6, 6.07) is 17.5. The van der Waals surface area contributed by atoms with E-state index in [9.17, 15) is 18.4 Å². The molecule has 8 heteroatoms. The molecule has 0 unspecified atom stereocenters. The Bertz CT molecular complexity index is 1370. The molecule has 4 rings (SSSR count). The van der Waals surface area contributed by atoms with Crippen LogP contribution in [0.5, 0.6) is 0 Å². The number of rotatable bonds is 14. The number of methoxy groups -OCH3 is 1. The number of esters is 1. The summed E-state index contributed by atoms with van der Waals surface area (Å²) in [5.74, 6) is -0.975. The summed E-state index contributed by atoms with van der Waals surface area (Å²) in [6.45, 7) is 5.14. The zero-order chi connectivity index (χ0) is 30.8. The van der Waals surface area contributed by atoms with Crippen LogP contribution in [0, 0.1) is 30.4 Å². The van der Waals surface area contributed by atoms with Crippen LogP contribution in [-0.4, -0.2) is 55.5 Å². The molecule has 43 heavy (non-hydrogen) atoms. The maximum absolute atomic E-state index is 14.1. The van der Waals surface area contributed by atoms with E-state index in [4.69, 9.17) is 9.47 Å². The maximum atomic E-state index is 14.1. The SMILES string of the molecule is COC(=O)[C@H](CCSC)CC(=O)c1ccc(CN(Cc2cc(F)cc(F)c2)CC2CCOCC2)cc1-c1ccccc1C. The number of nitrogens with zero attached hydrogens (tertiary/aromatic N) is 1. The van der Waals surface area contributed by atoms with Gasteiger partial charge in [-0.3, -0.25) is 14.5 Å². The Morgan fingerprint density at radius 2 is 1.67 bits per heavy atom. The molecule has 0 aliphatic carbocycles. The lowest BCUT2D eigenvalue weighted by Gasteiger charge is -2.30. The molecular weight excluding hydrogens is 568 g/mol. The number of carbonyl (C=O) groups is 2. The lowest BCUT2D eigenvalue weighted by molar-refractivity contribution is -0.145. The molecular formula is C35H41F2NO4S. The third-order valence-electron chi connectivity index (χ3n) is 8.05. The average molecular weight is 610 g/mol. The Hall–Kier alpha value is -3.07. The van der Waals surface area contributed by atoms with Crippen molar-refractivity contribution >= 4 is 23.5 Å². The van der Waals surface area contributed by atoms with Crippen molar-refractivity contribution in [1.29, 1.82) is 0 Å². The van der Waals surface area contributed by atoms with Crippen LogP contribution in [0.3, 0.4) is 0 Å². The van der Waals surface area contributed by atoms with Gasteiger partial charge in [0.25, 0.3) is 0 Å². The summed E-state index contributed by atoms with van der Waals surface area (Å²) in [5, 5.41) is 0. The van der Waals surface area contributed by atoms with Gasteiger partial charge in [0.05, 0.1) is 13.0 Å². The molecule has 3 aromatic carbocycles. The molecule has 1 aliphatic heterocycles. The summed E-state index contributed by atoms with van der Waals surface area (Å²) < 4.78 is 38.7. The maximum Gasteiger partial charge on any atom is 0.309 e. The molecule has 0 radical (unpaired) electrons. The van der Waals surface area contributed by atoms with Gasteiger partial charge in [0.2, 0.25) is 0 Å². The van der Waals surface area contributed by atoms with Gasteiger partial charge in [0.1, 0.15) is 11.6 Å². The van der Waals surface area contributed by atoms with Crippen LogP contribution in [0.15, 0.2) is 60.7 Å². The second kappa shape index (κ2) is 16.1. The topological polar surface area (TPSA) is 55.8 Å². The first-order valence-electron chi connectivity index (χ1n) is 14.8. The van der Waals surface area contributed by atoms with Crippen LogP contribution in [-0.2, 0) is 27.4 Å². The highest BCUT2D eigenvalue weighted by Gasteiger charge is 2.25. The Morgan fingerprint density at radius 1 is 0.977 bits per heavy atom. The zero-order valence-corrected chi connectivity index (χ0v) is 26.1. The van der Waals surface area contributed by atoms with Crippen LogP contribution in [0.4, 0.5) is 8.78 Å². The van der Waals surface area contributed by atoms with E-state index in [1.165, 1.54) is 19.2 Å². The second-order valence-corrected chi connectivity index (χ2v) is 12.3. The fourth-order valence-corrected chi connectivity index (χ4v) is 6.31. The lowest BCUT2D eigenvalue weighted by Crippen LogP contribution is -2.32. The molecule has 0 aromatic heterocycles. The minimum absolute atomic E-state index is 0.0759. The van der Waals surface area contributed by atoms with Crippen molar-refractivity contribution in [3.05, 3.63) is 94.6 Å². The highest BCUT2D eigenvalue weighted by Crippen LogP contribution is 2.31. The van der Waals surface area contributed by atoms with Gasteiger partial charge in [-0.1, -0.05) is 36.4 Å². The van der Waals surface area contributed by atoms with Gasteiger partial charge >= 0.3 is 5.97 Å². The van der Waals surface area contributed by atoms with Crippen molar-refractivity contribution in [3.8, 4) is 11.1 Å². The van der Waals surface area contributed by atoms with Crippen molar-refractivity contribution in [2.75, 3.05) is 38.9 Å². The van der Waals surface area contributed by atoms with E-state index >= 15 is 0 Å². The van der Waals surface area contributed by atoms with E-state index < -0.39 is 17.6 Å². The first kappa shape index (κ1) is 32.8. The molecule has 1 heterocycles. The Kier molecular flexibility index (Phi) is 12.3. The first-order chi connectivity index (χ1) is 20.8. The van der Waals surface area contributed by atoms with Crippen molar-refractivity contribution in [1.82, 2.24) is 4.90 Å². The normalized spacial score (nSPS) is 14.6. The van der Waals surface area contributed by atoms with Gasteiger partial charge in [0.15, 0.2) is 5.78 Å². The minimum atomic E-state index is -0.589. The summed E-state index contributed by atoms with van der Waals surface area (Å²) in [5.41, 5.74) is 4.95. The monoisotopic (exact) mass is 609 g/mol. The van der Waals surface area contributed by atoms with Crippen LogP contribution >= 0.6 is 11.8 Å². The fourth-order valence-electron chi connectivity index (χ4n) is 5.79. The minimum Gasteiger partial charge on any atom is -0.469 e. The summed E-state index contributed by atoms with van der Waals surface area (Å²) in [7, 11) is 1.36. The van der Waals surface area contributed by atoms with E-state index in [-0.39, 0.29) is 18.2 Å². The van der Waals surface area contributed by atoms with E-state index in [2.05, 4.69) is 4.90 Å². The van der Waals surface area contributed by atoms with Gasteiger partial charge in [0, 0.05) is 50.9 Å². The average Bonchev–Trinajstić information content (AvgIpc) is 2.99. The van der Waals surface area contributed by atoms with Crippen LogP contribution in [0.1, 0.15) is 52.7 Å². The second-order valence-electron chi connectivity index (χ2n) is 11.3. The highest BCUT2D eigenvalue weighted by molar-refractivity contribution is 7.98. The number of ketones is 1. The number of thioether (sulfide) groups is 1. The molecule has 1 saturated heterocycles. The molecule has 0 saturated carbocycles. The number of hydrogen-bond donors (Lipinski definition) is 0. The molecule has 1 aliphatic rings. The Labute approximate surface area is 258 Å². The van der Waals surface area contributed by atoms with E-state index in [1.807, 2.05) is 55.6 Å². The van der Waals surface area contributed by atoms with E-state index in [0.717, 1.165) is 53.5 Å². The van der Waals surface area contributed by atoms with Gasteiger partial charge < -0.3 is 9.47 Å². The third-order valence-corrected chi connectivity index (χ3v) is 8.69. The smallest absolute Gasteiger partial charge is 0.309 e. The molecule has 1 fully saturated rings. The van der Waals surface area contributed by atoms with Crippen molar-refractivity contribution in [3.63, 3.8) is 0 Å². The molecule has 230 valence electrons. The molecule has 0 N–H and O–H groups in total. The number of hydrogen-bond acceptors (Lipinski definition) is 6. The van der Waals surface area contributed by atoms with Gasteiger partial charge in [-0.25, -0.2) is 8.78 Å². The number of ether oxygens (including phenoxy) is 2. The number of Topliss-reactive ketones (excluding diaryl/α,β-unsaturated/α-hetero) is 1. The molecule has 5 nitrogen and oxygen atoms in total. The predicted octanol–water partition coefficient (Wildman–Crippen LogP) is 7.48. The molecule has 0 bridgehead atoms. The third kappa shape index (κ3) is 9.46. The van der Waals surface area contributed by atoms with Gasteiger partial charge in [-0.15, -0.1) is 0 Å². The van der Waals surface area contributed by atoms with Gasteiger partial charge in [-0.05, 0) is 90.1 Å². The predicted molar refractivity (Wildman–Crippen MR) is 168 cm³/mol. The van der Waals surface area contributed by atoms with Gasteiger partial charge in [-0.2, -0.15) is 11.8 Å². The fraction of sp³-hybridized carbons (Fsp3) is 0.429. The molecule has 0 spiro atoms. The number of benzene rings is 3. The van der Waals surface area contributed by atoms with E-state index in [1.54, 1.807) is 11.8 Å². The number of halogens is 2.